The number of likely N-dealkylation sites (tertiary alicyclic amines) is 1. The number of rotatable bonds is 6. The van der Waals surface area contributed by atoms with Crippen molar-refractivity contribution in [1.29, 1.82) is 0 Å². The van der Waals surface area contributed by atoms with Gasteiger partial charge in [0.15, 0.2) is 0 Å². The zero-order valence-electron chi connectivity index (χ0n) is 13.7. The van der Waals surface area contributed by atoms with E-state index in [0.29, 0.717) is 31.1 Å². The molecule has 20 heavy (non-hydrogen) atoms. The van der Waals surface area contributed by atoms with Crippen molar-refractivity contribution in [2.45, 2.75) is 59.2 Å². The van der Waals surface area contributed by atoms with Crippen molar-refractivity contribution in [2.24, 2.45) is 5.92 Å². The lowest BCUT2D eigenvalue weighted by Crippen LogP contribution is -2.63. The van der Waals surface area contributed by atoms with Crippen LogP contribution in [0.25, 0.3) is 0 Å². The molecule has 1 aliphatic rings. The minimum Gasteiger partial charge on any atom is -0.444 e. The first kappa shape index (κ1) is 17.2. The molecule has 1 atom stereocenters. The summed E-state index contributed by atoms with van der Waals surface area (Å²) < 4.78 is 10.8. The van der Waals surface area contributed by atoms with E-state index in [4.69, 9.17) is 9.47 Å². The molecule has 118 valence electrons. The van der Waals surface area contributed by atoms with Crippen molar-refractivity contribution in [1.82, 2.24) is 10.2 Å². The summed E-state index contributed by atoms with van der Waals surface area (Å²) in [6.45, 7) is 14.9. The highest BCUT2D eigenvalue weighted by molar-refractivity contribution is 5.69. The zero-order chi connectivity index (χ0) is 15.3. The first-order chi connectivity index (χ1) is 9.23. The van der Waals surface area contributed by atoms with Crippen molar-refractivity contribution < 1.29 is 14.3 Å². The maximum absolute atomic E-state index is 11.8. The summed E-state index contributed by atoms with van der Waals surface area (Å²) in [6, 6.07) is 0.677. The lowest BCUT2D eigenvalue weighted by Gasteiger charge is -2.42. The monoisotopic (exact) mass is 286 g/mol. The van der Waals surface area contributed by atoms with Gasteiger partial charge < -0.3 is 19.7 Å². The Hall–Kier alpha value is -0.810. The third kappa shape index (κ3) is 5.67. The fourth-order valence-corrected chi connectivity index (χ4v) is 2.04. The maximum atomic E-state index is 11.8. The predicted molar refractivity (Wildman–Crippen MR) is 79.8 cm³/mol. The third-order valence-electron chi connectivity index (χ3n) is 3.29. The summed E-state index contributed by atoms with van der Waals surface area (Å²) in [7, 11) is 0. The highest BCUT2D eigenvalue weighted by atomic mass is 16.6. The van der Waals surface area contributed by atoms with E-state index in [9.17, 15) is 4.79 Å². The van der Waals surface area contributed by atoms with Gasteiger partial charge in [0.1, 0.15) is 5.60 Å². The smallest absolute Gasteiger partial charge is 0.410 e. The Bertz CT molecular complexity index is 307. The standard InChI is InChI=1S/C15H30N2O3/c1-7-19-10-13(11(2)3)16-12-8-17(9-12)14(18)20-15(4,5)6/h11-13,16H,7-10H2,1-6H3. The third-order valence-corrected chi connectivity index (χ3v) is 3.29. The van der Waals surface area contributed by atoms with Crippen LogP contribution >= 0.6 is 0 Å². The highest BCUT2D eigenvalue weighted by Crippen LogP contribution is 2.16. The summed E-state index contributed by atoms with van der Waals surface area (Å²) in [5, 5.41) is 3.56. The van der Waals surface area contributed by atoms with Gasteiger partial charge in [-0.25, -0.2) is 4.79 Å². The van der Waals surface area contributed by atoms with E-state index < -0.39 is 5.60 Å². The van der Waals surface area contributed by atoms with E-state index in [1.807, 2.05) is 27.7 Å². The van der Waals surface area contributed by atoms with Gasteiger partial charge in [-0.3, -0.25) is 0 Å². The molecule has 1 unspecified atom stereocenters. The SMILES string of the molecule is CCOCC(NC1CN(C(=O)OC(C)(C)C)C1)C(C)C. The van der Waals surface area contributed by atoms with Crippen LogP contribution in [-0.4, -0.2) is 55.0 Å². The number of ether oxygens (including phenoxy) is 2. The second-order valence-electron chi connectivity index (χ2n) is 6.76. The molecule has 1 heterocycles. The van der Waals surface area contributed by atoms with Crippen LogP contribution in [0.2, 0.25) is 0 Å². The summed E-state index contributed by atoms with van der Waals surface area (Å²) in [5.41, 5.74) is -0.426. The molecular formula is C15H30N2O3. The fourth-order valence-electron chi connectivity index (χ4n) is 2.04. The van der Waals surface area contributed by atoms with E-state index in [1.165, 1.54) is 0 Å². The number of hydrogen-bond acceptors (Lipinski definition) is 4. The molecule has 0 radical (unpaired) electrons. The lowest BCUT2D eigenvalue weighted by atomic mass is 10.0. The van der Waals surface area contributed by atoms with Crippen LogP contribution in [-0.2, 0) is 9.47 Å². The van der Waals surface area contributed by atoms with Crippen molar-refractivity contribution in [3.05, 3.63) is 0 Å². The van der Waals surface area contributed by atoms with Crippen LogP contribution < -0.4 is 5.32 Å². The number of carbonyl (C=O) groups is 1. The Kier molecular flexibility index (Phi) is 6.27. The number of hydrogen-bond donors (Lipinski definition) is 1. The van der Waals surface area contributed by atoms with Gasteiger partial charge in [-0.2, -0.15) is 0 Å². The molecule has 0 aromatic carbocycles. The van der Waals surface area contributed by atoms with Gasteiger partial charge in [0, 0.05) is 31.8 Å². The van der Waals surface area contributed by atoms with E-state index in [0.717, 1.165) is 13.2 Å². The summed E-state index contributed by atoms with van der Waals surface area (Å²) in [5.74, 6) is 0.511. The Morgan fingerprint density at radius 3 is 2.40 bits per heavy atom. The van der Waals surface area contributed by atoms with Crippen molar-refractivity contribution in [3.63, 3.8) is 0 Å². The van der Waals surface area contributed by atoms with Crippen LogP contribution in [0.5, 0.6) is 0 Å². The average Bonchev–Trinajstić information content (AvgIpc) is 2.23. The summed E-state index contributed by atoms with van der Waals surface area (Å²) in [6.07, 6.45) is -0.221. The second kappa shape index (κ2) is 7.27. The minimum atomic E-state index is -0.426. The maximum Gasteiger partial charge on any atom is 0.410 e. The molecule has 1 aliphatic heterocycles. The van der Waals surface area contributed by atoms with Crippen LogP contribution in [0, 0.1) is 5.92 Å². The van der Waals surface area contributed by atoms with Gasteiger partial charge in [-0.15, -0.1) is 0 Å². The number of amides is 1. The van der Waals surface area contributed by atoms with Gasteiger partial charge in [-0.05, 0) is 33.6 Å². The number of nitrogens with zero attached hydrogens (tertiary/aromatic N) is 1. The van der Waals surface area contributed by atoms with Crippen molar-refractivity contribution in [2.75, 3.05) is 26.3 Å². The Labute approximate surface area is 123 Å². The molecule has 5 heteroatoms. The topological polar surface area (TPSA) is 50.8 Å². The molecule has 0 spiro atoms. The van der Waals surface area contributed by atoms with Gasteiger partial charge in [0.25, 0.3) is 0 Å². The number of carbonyl (C=O) groups excluding carboxylic acids is 1. The van der Waals surface area contributed by atoms with E-state index in [1.54, 1.807) is 4.90 Å². The Morgan fingerprint density at radius 1 is 1.35 bits per heavy atom. The first-order valence-electron chi connectivity index (χ1n) is 7.54. The highest BCUT2D eigenvalue weighted by Gasteiger charge is 2.35. The molecule has 0 saturated carbocycles. The van der Waals surface area contributed by atoms with Crippen LogP contribution in [0.15, 0.2) is 0 Å². The average molecular weight is 286 g/mol. The lowest BCUT2D eigenvalue weighted by molar-refractivity contribution is 0.00119. The normalized spacial score (nSPS) is 18.1. The van der Waals surface area contributed by atoms with Gasteiger partial charge in [-0.1, -0.05) is 13.8 Å². The summed E-state index contributed by atoms with van der Waals surface area (Å²) in [4.78, 5) is 13.6. The van der Waals surface area contributed by atoms with E-state index >= 15 is 0 Å². The number of nitrogens with one attached hydrogen (secondary N) is 1. The molecule has 1 rings (SSSR count). The first-order valence-corrected chi connectivity index (χ1v) is 7.54. The zero-order valence-corrected chi connectivity index (χ0v) is 13.7. The van der Waals surface area contributed by atoms with Crippen molar-refractivity contribution in [3.8, 4) is 0 Å². The van der Waals surface area contributed by atoms with Crippen LogP contribution in [0.1, 0.15) is 41.5 Å². The molecule has 0 aromatic heterocycles. The van der Waals surface area contributed by atoms with Gasteiger partial charge in [0.2, 0.25) is 0 Å². The quantitative estimate of drug-likeness (QED) is 0.813. The van der Waals surface area contributed by atoms with Crippen LogP contribution in [0.4, 0.5) is 4.79 Å². The molecule has 0 aliphatic carbocycles. The molecule has 1 saturated heterocycles. The predicted octanol–water partition coefficient (Wildman–Crippen LogP) is 2.26. The molecule has 1 fully saturated rings. The van der Waals surface area contributed by atoms with Crippen molar-refractivity contribution >= 4 is 6.09 Å². The minimum absolute atomic E-state index is 0.221. The van der Waals surface area contributed by atoms with Crippen LogP contribution in [0.3, 0.4) is 0 Å². The molecule has 0 aromatic rings. The largest absolute Gasteiger partial charge is 0.444 e. The fraction of sp³-hybridized carbons (Fsp3) is 0.933. The van der Waals surface area contributed by atoms with Gasteiger partial charge >= 0.3 is 6.09 Å². The summed E-state index contributed by atoms with van der Waals surface area (Å²) >= 11 is 0. The molecule has 1 N–H and O–H groups in total. The Balaban J connectivity index is 2.31. The van der Waals surface area contributed by atoms with E-state index in [2.05, 4.69) is 19.2 Å². The molecule has 5 nitrogen and oxygen atoms in total. The molecule has 0 bridgehead atoms. The molecular weight excluding hydrogens is 256 g/mol. The second-order valence-corrected chi connectivity index (χ2v) is 6.76. The molecule has 1 amide bonds. The Morgan fingerprint density at radius 2 is 1.95 bits per heavy atom. The van der Waals surface area contributed by atoms with Gasteiger partial charge in [0.05, 0.1) is 6.61 Å². The van der Waals surface area contributed by atoms with E-state index in [-0.39, 0.29) is 6.09 Å².